The lowest BCUT2D eigenvalue weighted by Crippen LogP contribution is -2.30. The molecule has 2 aromatic carbocycles. The van der Waals surface area contributed by atoms with Gasteiger partial charge in [-0.15, -0.1) is 0 Å². The van der Waals surface area contributed by atoms with E-state index in [1.54, 1.807) is 36.0 Å². The summed E-state index contributed by atoms with van der Waals surface area (Å²) in [4.78, 5) is 25.4. The maximum atomic E-state index is 14.6. The third-order valence-corrected chi connectivity index (χ3v) is 6.36. The fourth-order valence-corrected chi connectivity index (χ4v) is 4.69. The first-order valence-electron chi connectivity index (χ1n) is 10.4. The highest BCUT2D eigenvalue weighted by atomic mass is 32.2. The average molecular weight is 498 g/mol. The van der Waals surface area contributed by atoms with Gasteiger partial charge in [-0.1, -0.05) is 42.2 Å². The molecule has 4 rings (SSSR count). The summed E-state index contributed by atoms with van der Waals surface area (Å²) in [7, 11) is 0. The molecular weight excluding hydrogens is 477 g/mol. The van der Waals surface area contributed by atoms with Crippen molar-refractivity contribution >= 4 is 46.3 Å². The minimum absolute atomic E-state index is 0.00240. The van der Waals surface area contributed by atoms with E-state index >= 15 is 0 Å². The van der Waals surface area contributed by atoms with Crippen molar-refractivity contribution in [2.24, 2.45) is 0 Å². The first-order valence-corrected chi connectivity index (χ1v) is 11.6. The second-order valence-corrected chi connectivity index (χ2v) is 8.94. The average Bonchev–Trinajstić information content (AvgIpc) is 3.35. The van der Waals surface area contributed by atoms with E-state index in [1.807, 2.05) is 30.3 Å². The maximum absolute atomic E-state index is 14.6. The molecule has 1 amide bonds. The molecule has 0 unspecified atom stereocenters. The van der Waals surface area contributed by atoms with Gasteiger partial charge in [0.15, 0.2) is 11.6 Å². The molecule has 3 aromatic rings. The Bertz CT molecular complexity index is 1290. The first-order chi connectivity index (χ1) is 16.4. The van der Waals surface area contributed by atoms with Crippen LogP contribution in [-0.2, 0) is 9.59 Å². The number of aliphatic carboxylic acids is 1. The molecule has 10 heteroatoms. The Labute approximate surface area is 204 Å². The standard InChI is InChI=1S/C24H20FN3O4S2/c1-2-32-19-9-8-15(12-18(19)25)22-16(14-28(26-22)17-6-4-3-5-7-17)13-20-23(31)27(24(33)34-20)11-10-21(29)30/h3-9,12-14H,2,10-11H2,1H3,(H,29,30). The fraction of sp³-hybridized carbons (Fsp3) is 0.167. The molecule has 0 radical (unpaired) electrons. The van der Waals surface area contributed by atoms with Gasteiger partial charge in [-0.3, -0.25) is 14.5 Å². The van der Waals surface area contributed by atoms with E-state index in [0.29, 0.717) is 32.7 Å². The summed E-state index contributed by atoms with van der Waals surface area (Å²) >= 11 is 6.37. The van der Waals surface area contributed by atoms with Crippen molar-refractivity contribution in [1.29, 1.82) is 0 Å². The van der Waals surface area contributed by atoms with Gasteiger partial charge in [0.1, 0.15) is 10.0 Å². The number of thiocarbonyl (C=S) groups is 1. The quantitative estimate of drug-likeness (QED) is 0.355. The van der Waals surface area contributed by atoms with Crippen LogP contribution >= 0.6 is 24.0 Å². The Balaban J connectivity index is 1.75. The minimum atomic E-state index is -1.01. The number of carboxylic acid groups (broad SMARTS) is 1. The van der Waals surface area contributed by atoms with Crippen LogP contribution in [0.15, 0.2) is 59.6 Å². The van der Waals surface area contributed by atoms with Crippen LogP contribution in [0.3, 0.4) is 0 Å². The molecular formula is C24H20FN3O4S2. The van der Waals surface area contributed by atoms with Crippen LogP contribution in [0.4, 0.5) is 4.39 Å². The number of rotatable bonds is 8. The highest BCUT2D eigenvalue weighted by molar-refractivity contribution is 8.26. The number of para-hydroxylation sites is 1. The van der Waals surface area contributed by atoms with E-state index in [1.165, 1.54) is 11.0 Å². The van der Waals surface area contributed by atoms with Crippen LogP contribution in [0, 0.1) is 5.82 Å². The van der Waals surface area contributed by atoms with Crippen LogP contribution in [0.2, 0.25) is 0 Å². The van der Waals surface area contributed by atoms with E-state index in [4.69, 9.17) is 22.1 Å². The zero-order valence-electron chi connectivity index (χ0n) is 18.1. The molecule has 0 bridgehead atoms. The molecule has 7 nitrogen and oxygen atoms in total. The van der Waals surface area contributed by atoms with Crippen LogP contribution in [-0.4, -0.2) is 49.1 Å². The molecule has 174 valence electrons. The molecule has 1 aliphatic heterocycles. The molecule has 0 atom stereocenters. The summed E-state index contributed by atoms with van der Waals surface area (Å²) in [6.45, 7) is 2.12. The lowest BCUT2D eigenvalue weighted by Gasteiger charge is -2.12. The number of carboxylic acids is 1. The number of amides is 1. The highest BCUT2D eigenvalue weighted by Crippen LogP contribution is 2.35. The smallest absolute Gasteiger partial charge is 0.305 e. The van der Waals surface area contributed by atoms with Crippen molar-refractivity contribution in [2.75, 3.05) is 13.2 Å². The summed E-state index contributed by atoms with van der Waals surface area (Å²) in [6, 6.07) is 14.0. The number of carbonyl (C=O) groups excluding carboxylic acids is 1. The van der Waals surface area contributed by atoms with Crippen molar-refractivity contribution in [3.05, 3.63) is 71.0 Å². The summed E-state index contributed by atoms with van der Waals surface area (Å²) in [6.07, 6.45) is 3.20. The summed E-state index contributed by atoms with van der Waals surface area (Å²) < 4.78 is 21.8. The van der Waals surface area contributed by atoms with Gasteiger partial charge in [0.05, 0.1) is 23.6 Å². The molecule has 2 heterocycles. The number of nitrogens with zero attached hydrogens (tertiary/aromatic N) is 3. The summed E-state index contributed by atoms with van der Waals surface area (Å²) in [5.41, 5.74) is 2.37. The van der Waals surface area contributed by atoms with Crippen LogP contribution < -0.4 is 4.74 Å². The highest BCUT2D eigenvalue weighted by Gasteiger charge is 2.32. The number of benzene rings is 2. The third kappa shape index (κ3) is 5.02. The zero-order valence-corrected chi connectivity index (χ0v) is 19.7. The number of hydrogen-bond acceptors (Lipinski definition) is 6. The number of aromatic nitrogens is 2. The molecule has 0 saturated carbocycles. The Morgan fingerprint density at radius 2 is 2.03 bits per heavy atom. The van der Waals surface area contributed by atoms with Crippen LogP contribution in [0.25, 0.3) is 23.0 Å². The van der Waals surface area contributed by atoms with E-state index < -0.39 is 11.8 Å². The second-order valence-electron chi connectivity index (χ2n) is 7.27. The summed E-state index contributed by atoms with van der Waals surface area (Å²) in [5, 5.41) is 13.6. The van der Waals surface area contributed by atoms with Crippen molar-refractivity contribution < 1.29 is 23.8 Å². The lowest BCUT2D eigenvalue weighted by atomic mass is 10.1. The van der Waals surface area contributed by atoms with E-state index in [-0.39, 0.29) is 24.6 Å². The van der Waals surface area contributed by atoms with Crippen molar-refractivity contribution in [2.45, 2.75) is 13.3 Å². The van der Waals surface area contributed by atoms with E-state index in [2.05, 4.69) is 5.10 Å². The van der Waals surface area contributed by atoms with Gasteiger partial charge in [0.2, 0.25) is 0 Å². The molecule has 1 aliphatic rings. The number of halogens is 1. The Hall–Kier alpha value is -3.50. The molecule has 1 saturated heterocycles. The van der Waals surface area contributed by atoms with Crippen molar-refractivity contribution in [1.82, 2.24) is 14.7 Å². The van der Waals surface area contributed by atoms with Gasteiger partial charge in [-0.25, -0.2) is 9.07 Å². The fourth-order valence-electron chi connectivity index (χ4n) is 3.39. The minimum Gasteiger partial charge on any atom is -0.491 e. The molecule has 1 fully saturated rings. The number of thioether (sulfide) groups is 1. The molecule has 34 heavy (non-hydrogen) atoms. The van der Waals surface area contributed by atoms with Crippen molar-refractivity contribution in [3.8, 4) is 22.7 Å². The number of hydrogen-bond donors (Lipinski definition) is 1. The van der Waals surface area contributed by atoms with Gasteiger partial charge >= 0.3 is 5.97 Å². The summed E-state index contributed by atoms with van der Waals surface area (Å²) in [5.74, 6) is -1.75. The lowest BCUT2D eigenvalue weighted by molar-refractivity contribution is -0.137. The van der Waals surface area contributed by atoms with Gasteiger partial charge in [0.25, 0.3) is 5.91 Å². The van der Waals surface area contributed by atoms with E-state index in [9.17, 15) is 14.0 Å². The van der Waals surface area contributed by atoms with Gasteiger partial charge < -0.3 is 9.84 Å². The second kappa shape index (κ2) is 10.2. The normalized spacial score (nSPS) is 14.8. The molecule has 0 aliphatic carbocycles. The predicted octanol–water partition coefficient (Wildman–Crippen LogP) is 4.75. The van der Waals surface area contributed by atoms with Gasteiger partial charge in [0, 0.05) is 23.9 Å². The monoisotopic (exact) mass is 497 g/mol. The topological polar surface area (TPSA) is 84.7 Å². The number of carbonyl (C=O) groups is 2. The van der Waals surface area contributed by atoms with Gasteiger partial charge in [-0.2, -0.15) is 5.10 Å². The Morgan fingerprint density at radius 1 is 1.26 bits per heavy atom. The Morgan fingerprint density at radius 3 is 2.71 bits per heavy atom. The van der Waals surface area contributed by atoms with Crippen molar-refractivity contribution in [3.63, 3.8) is 0 Å². The van der Waals surface area contributed by atoms with Gasteiger partial charge in [-0.05, 0) is 43.3 Å². The van der Waals surface area contributed by atoms with Crippen LogP contribution in [0.5, 0.6) is 5.75 Å². The molecule has 1 N–H and O–H groups in total. The third-order valence-electron chi connectivity index (χ3n) is 4.98. The maximum Gasteiger partial charge on any atom is 0.305 e. The SMILES string of the molecule is CCOc1ccc(-c2nn(-c3ccccc3)cc2C=C2SC(=S)N(CCC(=O)O)C2=O)cc1F. The molecule has 0 spiro atoms. The first kappa shape index (κ1) is 23.7. The number of ether oxygens (including phenoxy) is 1. The van der Waals surface area contributed by atoms with Crippen LogP contribution in [0.1, 0.15) is 18.9 Å². The zero-order chi connectivity index (χ0) is 24.2. The molecule has 1 aromatic heterocycles. The largest absolute Gasteiger partial charge is 0.491 e. The Kier molecular flexibility index (Phi) is 7.09. The predicted molar refractivity (Wildman–Crippen MR) is 132 cm³/mol. The van der Waals surface area contributed by atoms with E-state index in [0.717, 1.165) is 17.4 Å².